The van der Waals surface area contributed by atoms with Crippen LogP contribution in [0.25, 0.3) is 22.3 Å². The van der Waals surface area contributed by atoms with Gasteiger partial charge in [0.25, 0.3) is 0 Å². The number of phenols is 1. The average molecular weight is 402 g/mol. The number of ether oxygens (including phenoxy) is 3. The van der Waals surface area contributed by atoms with Gasteiger partial charge < -0.3 is 19.3 Å². The lowest BCUT2D eigenvalue weighted by atomic mass is 10.1. The third-order valence-corrected chi connectivity index (χ3v) is 4.42. The SMILES string of the molecule is COc1cccc(-c2nc(Oc3cccc(OC(C)C)c3)c3ccccc3n2)c1O. The summed E-state index contributed by atoms with van der Waals surface area (Å²) in [7, 11) is 1.50. The number of benzene rings is 3. The van der Waals surface area contributed by atoms with Gasteiger partial charge in [-0.05, 0) is 50.2 Å². The van der Waals surface area contributed by atoms with Crippen LogP contribution in [-0.2, 0) is 0 Å². The molecule has 4 aromatic rings. The Labute approximate surface area is 174 Å². The number of aromatic hydroxyl groups is 1. The molecule has 0 aliphatic heterocycles. The maximum absolute atomic E-state index is 10.6. The Morgan fingerprint density at radius 2 is 1.63 bits per heavy atom. The van der Waals surface area contributed by atoms with Gasteiger partial charge in [-0.3, -0.25) is 0 Å². The van der Waals surface area contributed by atoms with Crippen LogP contribution in [0.1, 0.15) is 13.8 Å². The second kappa shape index (κ2) is 8.29. The number of fused-ring (bicyclic) bond motifs is 1. The number of aromatic nitrogens is 2. The van der Waals surface area contributed by atoms with Gasteiger partial charge >= 0.3 is 0 Å². The highest BCUT2D eigenvalue weighted by atomic mass is 16.5. The Morgan fingerprint density at radius 3 is 2.43 bits per heavy atom. The van der Waals surface area contributed by atoms with Crippen LogP contribution < -0.4 is 14.2 Å². The van der Waals surface area contributed by atoms with Crippen molar-refractivity contribution >= 4 is 10.9 Å². The molecular formula is C24H22N2O4. The molecule has 3 aromatic carbocycles. The van der Waals surface area contributed by atoms with Crippen molar-refractivity contribution in [3.05, 3.63) is 66.7 Å². The highest BCUT2D eigenvalue weighted by Gasteiger charge is 2.16. The van der Waals surface area contributed by atoms with Crippen LogP contribution in [-0.4, -0.2) is 28.3 Å². The normalized spacial score (nSPS) is 10.9. The lowest BCUT2D eigenvalue weighted by molar-refractivity contribution is 0.241. The molecule has 1 heterocycles. The Balaban J connectivity index is 1.80. The molecule has 1 aromatic heterocycles. The van der Waals surface area contributed by atoms with Crippen molar-refractivity contribution in [3.8, 4) is 40.3 Å². The van der Waals surface area contributed by atoms with E-state index in [9.17, 15) is 5.11 Å². The fourth-order valence-corrected chi connectivity index (χ4v) is 3.11. The zero-order valence-corrected chi connectivity index (χ0v) is 17.0. The Hall–Kier alpha value is -3.80. The first kappa shape index (κ1) is 19.5. The second-order valence-electron chi connectivity index (χ2n) is 6.97. The summed E-state index contributed by atoms with van der Waals surface area (Å²) in [6, 6.07) is 20.2. The van der Waals surface area contributed by atoms with Crippen LogP contribution in [0.15, 0.2) is 66.7 Å². The summed E-state index contributed by atoms with van der Waals surface area (Å²) in [6.07, 6.45) is 0.0581. The van der Waals surface area contributed by atoms with Crippen molar-refractivity contribution < 1.29 is 19.3 Å². The van der Waals surface area contributed by atoms with Gasteiger partial charge in [0.05, 0.1) is 29.7 Å². The number of phenolic OH excluding ortho intramolecular Hbond substituents is 1. The van der Waals surface area contributed by atoms with Crippen LogP contribution in [0.5, 0.6) is 28.9 Å². The number of para-hydroxylation sites is 2. The molecule has 6 heteroatoms. The van der Waals surface area contributed by atoms with Gasteiger partial charge in [0, 0.05) is 6.07 Å². The van der Waals surface area contributed by atoms with E-state index in [1.165, 1.54) is 7.11 Å². The molecule has 0 unspecified atom stereocenters. The van der Waals surface area contributed by atoms with Gasteiger partial charge in [0.1, 0.15) is 11.5 Å². The van der Waals surface area contributed by atoms with Crippen LogP contribution in [0.2, 0.25) is 0 Å². The van der Waals surface area contributed by atoms with Crippen molar-refractivity contribution in [2.75, 3.05) is 7.11 Å². The van der Waals surface area contributed by atoms with Gasteiger partial charge in [-0.15, -0.1) is 0 Å². The van der Waals surface area contributed by atoms with Crippen LogP contribution >= 0.6 is 0 Å². The van der Waals surface area contributed by atoms with Crippen LogP contribution in [0.3, 0.4) is 0 Å². The molecule has 0 amide bonds. The van der Waals surface area contributed by atoms with Crippen LogP contribution in [0, 0.1) is 0 Å². The first-order valence-corrected chi connectivity index (χ1v) is 9.63. The van der Waals surface area contributed by atoms with Crippen molar-refractivity contribution in [2.24, 2.45) is 0 Å². The largest absolute Gasteiger partial charge is 0.504 e. The molecule has 0 saturated heterocycles. The van der Waals surface area contributed by atoms with E-state index in [-0.39, 0.29) is 11.9 Å². The molecular weight excluding hydrogens is 380 g/mol. The number of nitrogens with zero attached hydrogens (tertiary/aromatic N) is 2. The number of rotatable bonds is 6. The van der Waals surface area contributed by atoms with E-state index in [0.29, 0.717) is 40.0 Å². The summed E-state index contributed by atoms with van der Waals surface area (Å²) in [4.78, 5) is 9.21. The van der Waals surface area contributed by atoms with Crippen molar-refractivity contribution in [1.29, 1.82) is 0 Å². The monoisotopic (exact) mass is 402 g/mol. The summed E-state index contributed by atoms with van der Waals surface area (Å²) < 4.78 is 17.1. The second-order valence-corrected chi connectivity index (χ2v) is 6.97. The smallest absolute Gasteiger partial charge is 0.230 e. The molecule has 30 heavy (non-hydrogen) atoms. The first-order chi connectivity index (χ1) is 14.5. The number of hydrogen-bond donors (Lipinski definition) is 1. The fourth-order valence-electron chi connectivity index (χ4n) is 3.11. The van der Waals surface area contributed by atoms with Crippen molar-refractivity contribution in [1.82, 2.24) is 9.97 Å². The zero-order chi connectivity index (χ0) is 21.1. The Kier molecular flexibility index (Phi) is 5.39. The molecule has 6 nitrogen and oxygen atoms in total. The highest BCUT2D eigenvalue weighted by molar-refractivity contribution is 5.86. The van der Waals surface area contributed by atoms with E-state index in [4.69, 9.17) is 14.2 Å². The molecule has 1 N–H and O–H groups in total. The lowest BCUT2D eigenvalue weighted by Gasteiger charge is -2.13. The maximum Gasteiger partial charge on any atom is 0.230 e. The predicted molar refractivity (Wildman–Crippen MR) is 115 cm³/mol. The molecule has 152 valence electrons. The maximum atomic E-state index is 10.6. The molecule has 0 radical (unpaired) electrons. The zero-order valence-electron chi connectivity index (χ0n) is 17.0. The Morgan fingerprint density at radius 1 is 0.867 bits per heavy atom. The third-order valence-electron chi connectivity index (χ3n) is 4.42. The minimum absolute atomic E-state index is 0.0199. The van der Waals surface area contributed by atoms with Gasteiger partial charge in [-0.1, -0.05) is 24.3 Å². The van der Waals surface area contributed by atoms with Gasteiger partial charge in [0.15, 0.2) is 17.3 Å². The van der Waals surface area contributed by atoms with E-state index >= 15 is 0 Å². The van der Waals surface area contributed by atoms with Crippen molar-refractivity contribution in [3.63, 3.8) is 0 Å². The minimum Gasteiger partial charge on any atom is -0.504 e. The molecule has 0 atom stereocenters. The molecule has 0 spiro atoms. The fraction of sp³-hybridized carbons (Fsp3) is 0.167. The highest BCUT2D eigenvalue weighted by Crippen LogP contribution is 2.38. The number of methoxy groups -OCH3 is 1. The predicted octanol–water partition coefficient (Wildman–Crippen LogP) is 5.59. The van der Waals surface area contributed by atoms with Crippen LogP contribution in [0.4, 0.5) is 0 Å². The number of hydrogen-bond acceptors (Lipinski definition) is 6. The summed E-state index contributed by atoms with van der Waals surface area (Å²) in [5.41, 5.74) is 1.16. The topological polar surface area (TPSA) is 73.7 Å². The minimum atomic E-state index is -0.0199. The van der Waals surface area contributed by atoms with Gasteiger partial charge in [0.2, 0.25) is 5.88 Å². The van der Waals surface area contributed by atoms with E-state index in [1.807, 2.05) is 62.4 Å². The summed E-state index contributed by atoms with van der Waals surface area (Å²) in [5.74, 6) is 2.37. The Bertz CT molecular complexity index is 1190. The van der Waals surface area contributed by atoms with E-state index in [2.05, 4.69) is 9.97 Å². The van der Waals surface area contributed by atoms with Crippen molar-refractivity contribution in [2.45, 2.75) is 20.0 Å². The van der Waals surface area contributed by atoms with Gasteiger partial charge in [-0.25, -0.2) is 4.98 Å². The molecule has 0 aliphatic rings. The van der Waals surface area contributed by atoms with E-state index < -0.39 is 0 Å². The van der Waals surface area contributed by atoms with E-state index in [0.717, 1.165) is 5.39 Å². The summed E-state index contributed by atoms with van der Waals surface area (Å²) >= 11 is 0. The first-order valence-electron chi connectivity index (χ1n) is 9.63. The quantitative estimate of drug-likeness (QED) is 0.453. The lowest BCUT2D eigenvalue weighted by Crippen LogP contribution is -2.05. The molecule has 0 aliphatic carbocycles. The molecule has 0 bridgehead atoms. The standard InChI is InChI=1S/C24H22N2O4/c1-15(2)29-16-8-6-9-17(14-16)30-24-18-10-4-5-12-20(18)25-23(26-24)19-11-7-13-21(28-3)22(19)27/h4-15,27H,1-3H3. The molecule has 0 fully saturated rings. The summed E-state index contributed by atoms with van der Waals surface area (Å²) in [5, 5.41) is 11.3. The molecule has 4 rings (SSSR count). The molecule has 0 saturated carbocycles. The average Bonchev–Trinajstić information content (AvgIpc) is 2.73. The van der Waals surface area contributed by atoms with Gasteiger partial charge in [-0.2, -0.15) is 4.98 Å². The van der Waals surface area contributed by atoms with E-state index in [1.54, 1.807) is 18.2 Å². The third kappa shape index (κ3) is 3.98. The summed E-state index contributed by atoms with van der Waals surface area (Å²) in [6.45, 7) is 3.94.